The van der Waals surface area contributed by atoms with Gasteiger partial charge in [0, 0.05) is 19.4 Å². The second-order valence-corrected chi connectivity index (χ2v) is 16.0. The van der Waals surface area contributed by atoms with E-state index in [9.17, 15) is 9.59 Å². The third-order valence-electron chi connectivity index (χ3n) is 10.6. The molecule has 0 aliphatic rings. The highest BCUT2D eigenvalue weighted by molar-refractivity contribution is 5.70. The Hall–Kier alpha value is -1.10. The van der Waals surface area contributed by atoms with Crippen molar-refractivity contribution in [2.24, 2.45) is 0 Å². The van der Waals surface area contributed by atoms with Crippen molar-refractivity contribution >= 4 is 11.9 Å². The first-order valence-electron chi connectivity index (χ1n) is 23.6. The molecule has 0 aliphatic carbocycles. The van der Waals surface area contributed by atoms with Crippen LogP contribution in [-0.4, -0.2) is 37.9 Å². The molecule has 0 bridgehead atoms. The van der Waals surface area contributed by atoms with Crippen molar-refractivity contribution in [3.63, 3.8) is 0 Å². The van der Waals surface area contributed by atoms with Crippen molar-refractivity contribution < 1.29 is 23.8 Å². The fraction of sp³-hybridized carbons (Fsp3) is 0.957. The average molecular weight is 737 g/mol. The molecule has 0 aromatic heterocycles. The van der Waals surface area contributed by atoms with Crippen LogP contribution in [0.3, 0.4) is 0 Å². The SMILES string of the molecule is CCCCCCCCCCCCCCCCCCOCC(COC(=O)CCCCCCCCCCCCCCCCC)OC(=O)CCCCCCC. The average Bonchev–Trinajstić information content (AvgIpc) is 3.14. The molecular weight excluding hydrogens is 645 g/mol. The van der Waals surface area contributed by atoms with Crippen LogP contribution in [-0.2, 0) is 23.8 Å². The van der Waals surface area contributed by atoms with Crippen LogP contribution in [0.15, 0.2) is 0 Å². The summed E-state index contributed by atoms with van der Waals surface area (Å²) in [5, 5.41) is 0. The lowest BCUT2D eigenvalue weighted by molar-refractivity contribution is -0.163. The zero-order chi connectivity index (χ0) is 37.8. The lowest BCUT2D eigenvalue weighted by atomic mass is 10.0. The van der Waals surface area contributed by atoms with Gasteiger partial charge in [-0.1, -0.05) is 233 Å². The minimum Gasteiger partial charge on any atom is -0.462 e. The van der Waals surface area contributed by atoms with Gasteiger partial charge in [-0.05, 0) is 19.3 Å². The molecule has 0 aliphatic heterocycles. The Bertz CT molecular complexity index is 710. The standard InChI is InChI=1S/C47H92O5/c1-4-7-10-13-15-17-19-21-23-25-27-29-31-33-36-39-42-50-43-45(52-47(49)41-38-34-12-9-6-3)44-51-46(48)40-37-35-32-30-28-26-24-22-20-18-16-14-11-8-5-2/h45H,4-44H2,1-3H3. The summed E-state index contributed by atoms with van der Waals surface area (Å²) in [6, 6.07) is 0. The van der Waals surface area contributed by atoms with E-state index in [-0.39, 0.29) is 18.5 Å². The lowest BCUT2D eigenvalue weighted by Crippen LogP contribution is -2.30. The van der Waals surface area contributed by atoms with E-state index in [0.29, 0.717) is 26.1 Å². The molecular formula is C47H92O5. The molecule has 0 amide bonds. The summed E-state index contributed by atoms with van der Waals surface area (Å²) in [6.07, 6.45) is 47.0. The van der Waals surface area contributed by atoms with Crippen LogP contribution < -0.4 is 0 Å². The van der Waals surface area contributed by atoms with Crippen molar-refractivity contribution in [3.8, 4) is 0 Å². The van der Waals surface area contributed by atoms with Gasteiger partial charge in [0.05, 0.1) is 6.61 Å². The summed E-state index contributed by atoms with van der Waals surface area (Å²) in [4.78, 5) is 25.0. The van der Waals surface area contributed by atoms with E-state index in [1.807, 2.05) is 0 Å². The zero-order valence-electron chi connectivity index (χ0n) is 35.6. The Morgan fingerprint density at radius 1 is 0.346 bits per heavy atom. The highest BCUT2D eigenvalue weighted by atomic mass is 16.6. The molecule has 5 nitrogen and oxygen atoms in total. The summed E-state index contributed by atoms with van der Waals surface area (Å²) >= 11 is 0. The second kappa shape index (κ2) is 44.3. The van der Waals surface area contributed by atoms with E-state index in [2.05, 4.69) is 20.8 Å². The van der Waals surface area contributed by atoms with Gasteiger partial charge in [-0.25, -0.2) is 0 Å². The van der Waals surface area contributed by atoms with E-state index < -0.39 is 6.10 Å². The van der Waals surface area contributed by atoms with Crippen molar-refractivity contribution in [3.05, 3.63) is 0 Å². The van der Waals surface area contributed by atoms with Crippen LogP contribution in [0, 0.1) is 0 Å². The van der Waals surface area contributed by atoms with Gasteiger partial charge in [0.15, 0.2) is 6.10 Å². The number of ether oxygens (including phenoxy) is 3. The fourth-order valence-electron chi connectivity index (χ4n) is 7.10. The maximum Gasteiger partial charge on any atom is 0.306 e. The van der Waals surface area contributed by atoms with Crippen LogP contribution in [0.5, 0.6) is 0 Å². The molecule has 5 heteroatoms. The van der Waals surface area contributed by atoms with E-state index in [4.69, 9.17) is 14.2 Å². The molecule has 0 aromatic rings. The number of hydrogen-bond donors (Lipinski definition) is 0. The third-order valence-corrected chi connectivity index (χ3v) is 10.6. The van der Waals surface area contributed by atoms with Crippen molar-refractivity contribution in [2.75, 3.05) is 19.8 Å². The Balaban J connectivity index is 3.98. The lowest BCUT2D eigenvalue weighted by Gasteiger charge is -2.18. The molecule has 0 radical (unpaired) electrons. The largest absolute Gasteiger partial charge is 0.462 e. The van der Waals surface area contributed by atoms with Crippen LogP contribution in [0.1, 0.15) is 265 Å². The van der Waals surface area contributed by atoms with E-state index >= 15 is 0 Å². The molecule has 1 atom stereocenters. The molecule has 0 aromatic carbocycles. The maximum absolute atomic E-state index is 12.5. The van der Waals surface area contributed by atoms with Gasteiger partial charge in [0.2, 0.25) is 0 Å². The summed E-state index contributed by atoms with van der Waals surface area (Å²) in [6.45, 7) is 7.82. The van der Waals surface area contributed by atoms with Crippen LogP contribution in [0.2, 0.25) is 0 Å². The number of carbonyl (C=O) groups excluding carboxylic acids is 2. The first-order chi connectivity index (χ1) is 25.6. The van der Waals surface area contributed by atoms with Gasteiger partial charge in [-0.3, -0.25) is 9.59 Å². The Morgan fingerprint density at radius 2 is 0.635 bits per heavy atom. The predicted molar refractivity (Wildman–Crippen MR) is 224 cm³/mol. The summed E-state index contributed by atoms with van der Waals surface area (Å²) < 4.78 is 17.2. The topological polar surface area (TPSA) is 61.8 Å². The summed E-state index contributed by atoms with van der Waals surface area (Å²) in [5.74, 6) is -0.390. The highest BCUT2D eigenvalue weighted by Gasteiger charge is 2.17. The number of rotatable bonds is 44. The number of hydrogen-bond acceptors (Lipinski definition) is 5. The zero-order valence-corrected chi connectivity index (χ0v) is 35.6. The Morgan fingerprint density at radius 3 is 0.981 bits per heavy atom. The molecule has 52 heavy (non-hydrogen) atoms. The van der Waals surface area contributed by atoms with E-state index in [1.165, 1.54) is 193 Å². The minimum atomic E-state index is -0.519. The summed E-state index contributed by atoms with van der Waals surface area (Å²) in [7, 11) is 0. The molecule has 0 rings (SSSR count). The molecule has 0 N–H and O–H groups in total. The van der Waals surface area contributed by atoms with Gasteiger partial charge in [-0.15, -0.1) is 0 Å². The second-order valence-electron chi connectivity index (χ2n) is 16.0. The first-order valence-corrected chi connectivity index (χ1v) is 23.6. The van der Waals surface area contributed by atoms with Crippen LogP contribution in [0.4, 0.5) is 0 Å². The third kappa shape index (κ3) is 41.7. The quantitative estimate of drug-likeness (QED) is 0.0460. The number of carbonyl (C=O) groups is 2. The molecule has 0 spiro atoms. The van der Waals surface area contributed by atoms with Crippen molar-refractivity contribution in [1.82, 2.24) is 0 Å². The number of unbranched alkanes of at least 4 members (excludes halogenated alkanes) is 33. The maximum atomic E-state index is 12.5. The van der Waals surface area contributed by atoms with Gasteiger partial charge in [0.25, 0.3) is 0 Å². The number of esters is 2. The molecule has 1 unspecified atom stereocenters. The monoisotopic (exact) mass is 737 g/mol. The highest BCUT2D eigenvalue weighted by Crippen LogP contribution is 2.16. The molecule has 0 saturated carbocycles. The summed E-state index contributed by atoms with van der Waals surface area (Å²) in [5.41, 5.74) is 0. The van der Waals surface area contributed by atoms with Gasteiger partial charge in [0.1, 0.15) is 6.61 Å². The van der Waals surface area contributed by atoms with E-state index in [0.717, 1.165) is 38.5 Å². The normalized spacial score (nSPS) is 12.0. The predicted octanol–water partition coefficient (Wildman–Crippen LogP) is 15.3. The fourth-order valence-corrected chi connectivity index (χ4v) is 7.10. The molecule has 310 valence electrons. The van der Waals surface area contributed by atoms with Crippen LogP contribution >= 0.6 is 0 Å². The molecule has 0 saturated heterocycles. The van der Waals surface area contributed by atoms with Gasteiger partial charge >= 0.3 is 11.9 Å². The van der Waals surface area contributed by atoms with Crippen LogP contribution in [0.25, 0.3) is 0 Å². The van der Waals surface area contributed by atoms with Crippen molar-refractivity contribution in [1.29, 1.82) is 0 Å². The van der Waals surface area contributed by atoms with Gasteiger partial charge < -0.3 is 14.2 Å². The molecule has 0 fully saturated rings. The Labute approximate surface area is 325 Å². The Kier molecular flexibility index (Phi) is 43.4. The molecule has 0 heterocycles. The van der Waals surface area contributed by atoms with E-state index in [1.54, 1.807) is 0 Å². The van der Waals surface area contributed by atoms with Gasteiger partial charge in [-0.2, -0.15) is 0 Å². The minimum absolute atomic E-state index is 0.0953. The first kappa shape index (κ1) is 50.9. The van der Waals surface area contributed by atoms with Crippen molar-refractivity contribution in [2.45, 2.75) is 271 Å². The smallest absolute Gasteiger partial charge is 0.306 e.